The molecule has 1 aliphatic heterocycles. The zero-order valence-electron chi connectivity index (χ0n) is 15.2. The molecule has 27 heavy (non-hydrogen) atoms. The number of carbonyl (C=O) groups excluding carboxylic acids is 2. The molecule has 2 aromatic rings. The Morgan fingerprint density at radius 3 is 2.22 bits per heavy atom. The summed E-state index contributed by atoms with van der Waals surface area (Å²) < 4.78 is 28.4. The molecule has 7 heteroatoms. The average molecular weight is 371 g/mol. The first kappa shape index (κ1) is 18.6. The lowest BCUT2D eigenvalue weighted by molar-refractivity contribution is -0.113. The number of anilines is 1. The Kier molecular flexibility index (Phi) is 4.94. The van der Waals surface area contributed by atoms with Gasteiger partial charge in [-0.05, 0) is 25.1 Å². The number of benzene rings is 2. The molecule has 0 bridgehead atoms. The van der Waals surface area contributed by atoms with Gasteiger partial charge in [-0.3, -0.25) is 4.79 Å². The van der Waals surface area contributed by atoms with Crippen LogP contribution in [-0.4, -0.2) is 35.8 Å². The van der Waals surface area contributed by atoms with Gasteiger partial charge >= 0.3 is 6.03 Å². The van der Waals surface area contributed by atoms with Gasteiger partial charge in [-0.25, -0.2) is 13.6 Å². The van der Waals surface area contributed by atoms with E-state index in [-0.39, 0.29) is 22.9 Å². The normalized spacial score (nSPS) is 17.4. The summed E-state index contributed by atoms with van der Waals surface area (Å²) in [7, 11) is 3.03. The average Bonchev–Trinajstić information content (AvgIpc) is 2.65. The second-order valence-electron chi connectivity index (χ2n) is 6.31. The van der Waals surface area contributed by atoms with Crippen molar-refractivity contribution in [3.63, 3.8) is 0 Å². The lowest BCUT2D eigenvalue weighted by atomic mass is 9.92. The van der Waals surface area contributed by atoms with Gasteiger partial charge in [-0.1, -0.05) is 30.3 Å². The molecule has 140 valence electrons. The fourth-order valence-electron chi connectivity index (χ4n) is 3.16. The van der Waals surface area contributed by atoms with E-state index < -0.39 is 23.6 Å². The maximum Gasteiger partial charge on any atom is 0.324 e. The van der Waals surface area contributed by atoms with Crippen LogP contribution in [0.4, 0.5) is 19.3 Å². The highest BCUT2D eigenvalue weighted by Crippen LogP contribution is 2.37. The van der Waals surface area contributed by atoms with Gasteiger partial charge in [0.1, 0.15) is 11.6 Å². The lowest BCUT2D eigenvalue weighted by Gasteiger charge is -2.39. The van der Waals surface area contributed by atoms with Gasteiger partial charge in [0, 0.05) is 25.4 Å². The molecule has 2 aromatic carbocycles. The van der Waals surface area contributed by atoms with Crippen LogP contribution in [0.5, 0.6) is 0 Å². The van der Waals surface area contributed by atoms with Crippen molar-refractivity contribution in [1.82, 2.24) is 9.80 Å². The Hall–Kier alpha value is -3.22. The summed E-state index contributed by atoms with van der Waals surface area (Å²) in [5, 5.41) is 2.53. The predicted molar refractivity (Wildman–Crippen MR) is 97.8 cm³/mol. The van der Waals surface area contributed by atoms with E-state index in [1.54, 1.807) is 19.1 Å². The molecule has 0 aliphatic carbocycles. The topological polar surface area (TPSA) is 52.7 Å². The SMILES string of the molecule is CC1=C(C(=O)Nc2ccccc2F)C(c2ccccc2F)N(C)C(=O)N1C. The highest BCUT2D eigenvalue weighted by Gasteiger charge is 2.39. The third-order valence-electron chi connectivity index (χ3n) is 4.71. The van der Waals surface area contributed by atoms with Gasteiger partial charge in [0.25, 0.3) is 5.91 Å². The van der Waals surface area contributed by atoms with Gasteiger partial charge in [-0.15, -0.1) is 0 Å². The van der Waals surface area contributed by atoms with Crippen LogP contribution in [-0.2, 0) is 4.79 Å². The number of halogens is 2. The largest absolute Gasteiger partial charge is 0.324 e. The molecule has 0 spiro atoms. The smallest absolute Gasteiger partial charge is 0.320 e. The van der Waals surface area contributed by atoms with E-state index in [1.807, 2.05) is 0 Å². The Balaban J connectivity index is 2.10. The molecule has 1 N–H and O–H groups in total. The molecule has 3 rings (SSSR count). The summed E-state index contributed by atoms with van der Waals surface area (Å²) in [6.45, 7) is 1.61. The number of hydrogen-bond acceptors (Lipinski definition) is 2. The molecule has 1 aliphatic rings. The molecule has 5 nitrogen and oxygen atoms in total. The fourth-order valence-corrected chi connectivity index (χ4v) is 3.16. The summed E-state index contributed by atoms with van der Waals surface area (Å²) in [6, 6.07) is 10.4. The number of nitrogens with zero attached hydrogens (tertiary/aromatic N) is 2. The Morgan fingerprint density at radius 1 is 1.00 bits per heavy atom. The summed E-state index contributed by atoms with van der Waals surface area (Å²) >= 11 is 0. The van der Waals surface area contributed by atoms with Crippen LogP contribution in [0.15, 0.2) is 59.8 Å². The number of nitrogens with one attached hydrogen (secondary N) is 1. The van der Waals surface area contributed by atoms with E-state index in [0.717, 1.165) is 0 Å². The van der Waals surface area contributed by atoms with Crippen molar-refractivity contribution in [2.75, 3.05) is 19.4 Å². The van der Waals surface area contributed by atoms with Crippen molar-refractivity contribution in [2.45, 2.75) is 13.0 Å². The zero-order chi connectivity index (χ0) is 19.7. The van der Waals surface area contributed by atoms with Crippen LogP contribution in [0.1, 0.15) is 18.5 Å². The minimum Gasteiger partial charge on any atom is -0.320 e. The molecule has 1 atom stereocenters. The molecule has 0 saturated carbocycles. The number of urea groups is 1. The van der Waals surface area contributed by atoms with Crippen molar-refractivity contribution >= 4 is 17.6 Å². The van der Waals surface area contributed by atoms with Crippen LogP contribution in [0, 0.1) is 11.6 Å². The number of amides is 3. The van der Waals surface area contributed by atoms with Gasteiger partial charge in [-0.2, -0.15) is 0 Å². The Morgan fingerprint density at radius 2 is 1.59 bits per heavy atom. The molecular formula is C20H19F2N3O2. The molecule has 1 unspecified atom stereocenters. The summed E-state index contributed by atoms with van der Waals surface area (Å²) in [4.78, 5) is 28.1. The monoisotopic (exact) mass is 371 g/mol. The third kappa shape index (κ3) is 3.28. The molecule has 0 aromatic heterocycles. The highest BCUT2D eigenvalue weighted by molar-refractivity contribution is 6.06. The van der Waals surface area contributed by atoms with Crippen molar-refractivity contribution < 1.29 is 18.4 Å². The van der Waals surface area contributed by atoms with E-state index in [9.17, 15) is 18.4 Å². The van der Waals surface area contributed by atoms with Crippen LogP contribution < -0.4 is 5.32 Å². The number of rotatable bonds is 3. The van der Waals surface area contributed by atoms with Crippen molar-refractivity contribution in [2.24, 2.45) is 0 Å². The predicted octanol–water partition coefficient (Wildman–Crippen LogP) is 3.92. The fraction of sp³-hybridized carbons (Fsp3) is 0.200. The maximum absolute atomic E-state index is 14.5. The molecular weight excluding hydrogens is 352 g/mol. The molecule has 1 heterocycles. The number of likely N-dealkylation sites (N-methyl/N-ethyl adjacent to an activating group) is 1. The second-order valence-corrected chi connectivity index (χ2v) is 6.31. The summed E-state index contributed by atoms with van der Waals surface area (Å²) in [5.74, 6) is -1.71. The first-order valence-electron chi connectivity index (χ1n) is 8.34. The van der Waals surface area contributed by atoms with Crippen LogP contribution in [0.2, 0.25) is 0 Å². The number of allylic oxidation sites excluding steroid dienone is 1. The molecule has 0 radical (unpaired) electrons. The van der Waals surface area contributed by atoms with Gasteiger partial charge in [0.15, 0.2) is 0 Å². The lowest BCUT2D eigenvalue weighted by Crippen LogP contribution is -2.48. The van der Waals surface area contributed by atoms with E-state index in [1.165, 1.54) is 60.3 Å². The summed E-state index contributed by atoms with van der Waals surface area (Å²) in [5.41, 5.74) is 0.755. The Bertz CT molecular complexity index is 942. The first-order valence-corrected chi connectivity index (χ1v) is 8.34. The highest BCUT2D eigenvalue weighted by atomic mass is 19.1. The van der Waals surface area contributed by atoms with E-state index in [0.29, 0.717) is 5.70 Å². The minimum atomic E-state index is -0.929. The number of hydrogen-bond donors (Lipinski definition) is 1. The summed E-state index contributed by atoms with van der Waals surface area (Å²) in [6.07, 6.45) is 0. The van der Waals surface area contributed by atoms with Crippen LogP contribution in [0.3, 0.4) is 0 Å². The minimum absolute atomic E-state index is 0.0114. The van der Waals surface area contributed by atoms with Crippen molar-refractivity contribution in [3.8, 4) is 0 Å². The third-order valence-corrected chi connectivity index (χ3v) is 4.71. The second kappa shape index (κ2) is 7.19. The molecule has 3 amide bonds. The van der Waals surface area contributed by atoms with E-state index in [4.69, 9.17) is 0 Å². The quantitative estimate of drug-likeness (QED) is 0.889. The van der Waals surface area contributed by atoms with E-state index in [2.05, 4.69) is 5.32 Å². The van der Waals surface area contributed by atoms with Gasteiger partial charge in [0.2, 0.25) is 0 Å². The van der Waals surface area contributed by atoms with E-state index >= 15 is 0 Å². The standard InChI is InChI=1S/C20H19F2N3O2/c1-12-17(19(26)23-16-11-7-6-10-15(16)22)18(25(3)20(27)24(12)2)13-8-4-5-9-14(13)21/h4-11,18H,1-3H3,(H,23,26). The maximum atomic E-state index is 14.5. The van der Waals surface area contributed by atoms with Gasteiger partial charge in [0.05, 0.1) is 17.3 Å². The van der Waals surface area contributed by atoms with Gasteiger partial charge < -0.3 is 15.1 Å². The zero-order valence-corrected chi connectivity index (χ0v) is 15.2. The van der Waals surface area contributed by atoms with Crippen molar-refractivity contribution in [3.05, 3.63) is 77.0 Å². The number of para-hydroxylation sites is 1. The van der Waals surface area contributed by atoms with Crippen LogP contribution in [0.25, 0.3) is 0 Å². The first-order chi connectivity index (χ1) is 12.8. The van der Waals surface area contributed by atoms with Crippen LogP contribution >= 0.6 is 0 Å². The Labute approximate surface area is 155 Å². The molecule has 0 saturated heterocycles. The number of carbonyl (C=O) groups is 2. The molecule has 0 fully saturated rings. The van der Waals surface area contributed by atoms with Crippen molar-refractivity contribution in [1.29, 1.82) is 0 Å².